The fourth-order valence-electron chi connectivity index (χ4n) is 4.25. The van der Waals surface area contributed by atoms with Gasteiger partial charge in [-0.05, 0) is 52.5 Å². The van der Waals surface area contributed by atoms with Gasteiger partial charge in [-0.3, -0.25) is 4.98 Å². The van der Waals surface area contributed by atoms with Crippen LogP contribution in [0.15, 0.2) is 109 Å². The number of hydrogen-bond acceptors (Lipinski definition) is 1. The Morgan fingerprint density at radius 3 is 1.31 bits per heavy atom. The maximum Gasteiger partial charge on any atom is 2.00 e. The Morgan fingerprint density at radius 2 is 0.833 bits per heavy atom. The Kier molecular flexibility index (Phi) is 13.6. The summed E-state index contributed by atoms with van der Waals surface area (Å²) >= 11 is 0. The van der Waals surface area contributed by atoms with E-state index >= 15 is 0 Å². The predicted octanol–water partition coefficient (Wildman–Crippen LogP) is 2.42. The molecule has 1 fully saturated rings. The van der Waals surface area contributed by atoms with Gasteiger partial charge in [0.05, 0.1) is 5.69 Å². The van der Waals surface area contributed by atoms with Crippen LogP contribution in [-0.2, 0) is 19.5 Å². The van der Waals surface area contributed by atoms with Gasteiger partial charge in [-0.2, -0.15) is 0 Å². The Labute approximate surface area is 242 Å². The molecule has 1 aliphatic carbocycles. The van der Waals surface area contributed by atoms with Crippen molar-refractivity contribution < 1.29 is 44.3 Å². The summed E-state index contributed by atoms with van der Waals surface area (Å²) in [6.45, 7) is 8.91. The molecule has 0 saturated heterocycles. The molecule has 4 aromatic rings. The maximum atomic E-state index is 4.25. The molecule has 1 nitrogen and oxygen atoms in total. The number of benzene rings is 3. The zero-order valence-electron chi connectivity index (χ0n) is 20.9. The van der Waals surface area contributed by atoms with Crippen molar-refractivity contribution in [2.75, 3.05) is 0 Å². The number of rotatable bonds is 3. The Balaban J connectivity index is 0.000000373. The minimum atomic E-state index is 0. The zero-order chi connectivity index (χ0) is 23.2. The molecular formula is C32H30Cl2NRh. The molecule has 0 amide bonds. The molecule has 0 N–H and O–H groups in total. The summed E-state index contributed by atoms with van der Waals surface area (Å²) in [5.74, 6) is 7.09. The summed E-state index contributed by atoms with van der Waals surface area (Å²) in [4.78, 5) is 4.25. The van der Waals surface area contributed by atoms with Crippen molar-refractivity contribution in [3.8, 4) is 22.4 Å². The zero-order valence-corrected chi connectivity index (χ0v) is 24.1. The van der Waals surface area contributed by atoms with E-state index in [1.807, 2.05) is 42.6 Å². The number of hydrogen-bond donors (Lipinski definition) is 0. The van der Waals surface area contributed by atoms with Crippen molar-refractivity contribution in [1.29, 1.82) is 0 Å². The van der Waals surface area contributed by atoms with Gasteiger partial charge in [-0.1, -0.05) is 119 Å². The van der Waals surface area contributed by atoms with Crippen molar-refractivity contribution in [1.82, 2.24) is 4.98 Å². The fraction of sp³-hybridized carbons (Fsp3) is 0.125. The molecule has 0 spiro atoms. The van der Waals surface area contributed by atoms with Crippen LogP contribution in [0.1, 0.15) is 33.3 Å². The molecule has 4 heteroatoms. The third kappa shape index (κ3) is 7.51. The van der Waals surface area contributed by atoms with Crippen molar-refractivity contribution in [2.45, 2.75) is 27.7 Å². The first-order valence-electron chi connectivity index (χ1n) is 11.4. The van der Waals surface area contributed by atoms with Crippen LogP contribution in [0.2, 0.25) is 0 Å². The summed E-state index contributed by atoms with van der Waals surface area (Å²) in [6, 6.07) is 35.6. The van der Waals surface area contributed by atoms with Crippen LogP contribution >= 0.6 is 0 Å². The van der Waals surface area contributed by atoms with Gasteiger partial charge in [0.1, 0.15) is 0 Å². The Morgan fingerprint density at radius 1 is 0.417 bits per heavy atom. The van der Waals surface area contributed by atoms with Crippen molar-refractivity contribution in [2.24, 2.45) is 0 Å². The molecule has 186 valence electrons. The first-order valence-corrected chi connectivity index (χ1v) is 11.4. The normalized spacial score (nSPS) is 14.6. The summed E-state index contributed by atoms with van der Waals surface area (Å²) in [6.07, 6.45) is 1.81. The largest absolute Gasteiger partial charge is 2.00 e. The van der Waals surface area contributed by atoms with E-state index in [2.05, 4.69) is 99.4 Å². The van der Waals surface area contributed by atoms with Crippen LogP contribution < -0.4 is 24.8 Å². The second kappa shape index (κ2) is 15.3. The van der Waals surface area contributed by atoms with Gasteiger partial charge in [0.2, 0.25) is 0 Å². The van der Waals surface area contributed by atoms with Gasteiger partial charge in [-0.25, -0.2) is 0 Å². The summed E-state index contributed by atoms with van der Waals surface area (Å²) in [5.41, 5.74) is 6.05. The molecule has 3 aromatic carbocycles. The maximum absolute atomic E-state index is 4.25. The van der Waals surface area contributed by atoms with Gasteiger partial charge in [0, 0.05) is 17.7 Å². The number of aromatic nitrogens is 1. The first-order chi connectivity index (χ1) is 16.1. The minimum absolute atomic E-state index is 0. The fourth-order valence-corrected chi connectivity index (χ4v) is 4.25. The van der Waals surface area contributed by atoms with Gasteiger partial charge in [0.25, 0.3) is 0 Å². The van der Waals surface area contributed by atoms with Crippen LogP contribution in [0, 0.1) is 29.6 Å². The minimum Gasteiger partial charge on any atom is -1.00 e. The Bertz CT molecular complexity index is 1070. The second-order valence-electron chi connectivity index (χ2n) is 8.40. The molecule has 1 saturated carbocycles. The molecular weight excluding hydrogens is 572 g/mol. The van der Waals surface area contributed by atoms with Crippen LogP contribution in [0.5, 0.6) is 0 Å². The quantitative estimate of drug-likeness (QED) is 0.329. The molecule has 1 heterocycles. The van der Waals surface area contributed by atoms with E-state index in [9.17, 15) is 0 Å². The molecule has 1 aromatic heterocycles. The molecule has 0 unspecified atom stereocenters. The summed E-state index contributed by atoms with van der Waals surface area (Å²) in [5, 5.41) is 0. The van der Waals surface area contributed by atoms with E-state index in [0.717, 1.165) is 11.3 Å². The Hall–Kier alpha value is -1.99. The number of nitrogens with zero attached hydrogens (tertiary/aromatic N) is 1. The molecule has 36 heavy (non-hydrogen) atoms. The van der Waals surface area contributed by atoms with Gasteiger partial charge in [0.15, 0.2) is 0 Å². The summed E-state index contributed by atoms with van der Waals surface area (Å²) in [7, 11) is 0. The van der Waals surface area contributed by atoms with E-state index in [4.69, 9.17) is 0 Å². The topological polar surface area (TPSA) is 12.9 Å². The standard InChI is InChI=1S/C21H21.C11H9N.2ClH.Rh/c1-14-15(2)17(4)21(16(14)3)20-12-10-19(11-13-20)18-8-6-5-7-9-18;1-2-6-10(7-3-1)11-8-4-5-9-12-11;;;/h5-13H,1-4H3;1-9H;2*1H;/q;;;;+2/p-2. The van der Waals surface area contributed by atoms with Crippen LogP contribution in [0.3, 0.4) is 0 Å². The van der Waals surface area contributed by atoms with E-state index in [0.29, 0.717) is 0 Å². The summed E-state index contributed by atoms with van der Waals surface area (Å²) < 4.78 is 0. The van der Waals surface area contributed by atoms with Gasteiger partial charge >= 0.3 is 19.5 Å². The molecule has 1 aliphatic rings. The van der Waals surface area contributed by atoms with Crippen LogP contribution in [0.4, 0.5) is 0 Å². The third-order valence-corrected chi connectivity index (χ3v) is 6.45. The van der Waals surface area contributed by atoms with Crippen molar-refractivity contribution >= 4 is 0 Å². The van der Waals surface area contributed by atoms with Gasteiger partial charge < -0.3 is 24.8 Å². The van der Waals surface area contributed by atoms with E-state index in [-0.39, 0.29) is 44.3 Å². The van der Waals surface area contributed by atoms with Gasteiger partial charge in [-0.15, -0.1) is 0 Å². The van der Waals surface area contributed by atoms with E-state index in [1.54, 1.807) is 0 Å². The van der Waals surface area contributed by atoms with Crippen molar-refractivity contribution in [3.63, 3.8) is 0 Å². The molecule has 0 aliphatic heterocycles. The number of halogens is 2. The molecule has 5 rings (SSSR count). The predicted molar refractivity (Wildman–Crippen MR) is 140 cm³/mol. The number of pyridine rings is 1. The van der Waals surface area contributed by atoms with E-state index in [1.165, 1.54) is 46.3 Å². The molecule has 0 bridgehead atoms. The average Bonchev–Trinajstić information content (AvgIpc) is 3.08. The average molecular weight is 602 g/mol. The first kappa shape index (κ1) is 32.0. The van der Waals surface area contributed by atoms with E-state index < -0.39 is 0 Å². The molecule has 0 atom stereocenters. The smallest absolute Gasteiger partial charge is 1.00 e. The molecule has 6 radical (unpaired) electrons. The SMILES string of the molecule is C[C]1[C](C)[C](C)[C](c2ccc(-c3ccccc3)cc2)[C]1C.[Cl-].[Cl-].[Rh+2].c1ccc(-c2ccccn2)cc1. The van der Waals surface area contributed by atoms with Crippen LogP contribution in [-0.4, -0.2) is 4.98 Å². The third-order valence-electron chi connectivity index (χ3n) is 6.45. The second-order valence-corrected chi connectivity index (χ2v) is 8.40. The monoisotopic (exact) mass is 601 g/mol. The van der Waals surface area contributed by atoms with Crippen molar-refractivity contribution in [3.05, 3.63) is 144 Å². The van der Waals surface area contributed by atoms with Crippen LogP contribution in [0.25, 0.3) is 22.4 Å².